The smallest absolute Gasteiger partial charge is 0.143 e. The molecule has 2 aliphatic rings. The van der Waals surface area contributed by atoms with Gasteiger partial charge in [0, 0.05) is 42.9 Å². The van der Waals surface area contributed by atoms with Gasteiger partial charge in [0.25, 0.3) is 0 Å². The summed E-state index contributed by atoms with van der Waals surface area (Å²) < 4.78 is 5.13. The zero-order valence-electron chi connectivity index (χ0n) is 16.2. The molecule has 2 fully saturated rings. The van der Waals surface area contributed by atoms with E-state index in [1.54, 1.807) is 6.92 Å². The predicted molar refractivity (Wildman–Crippen MR) is 108 cm³/mol. The van der Waals surface area contributed by atoms with Gasteiger partial charge in [-0.25, -0.2) is 0 Å². The van der Waals surface area contributed by atoms with Gasteiger partial charge in [0.05, 0.1) is 19.8 Å². The number of ether oxygens (including phenoxy) is 1. The molecule has 0 spiro atoms. The van der Waals surface area contributed by atoms with Crippen molar-refractivity contribution in [2.45, 2.75) is 39.8 Å². The van der Waals surface area contributed by atoms with Crippen molar-refractivity contribution in [3.8, 4) is 0 Å². The highest BCUT2D eigenvalue weighted by atomic mass is 35.5. The summed E-state index contributed by atoms with van der Waals surface area (Å²) >= 11 is 6.19. The Hall–Kier alpha value is -1.14. The Morgan fingerprint density at radius 2 is 1.96 bits per heavy atom. The molecule has 146 valence electrons. The van der Waals surface area contributed by atoms with Gasteiger partial charge >= 0.3 is 0 Å². The van der Waals surface area contributed by atoms with Crippen molar-refractivity contribution in [3.63, 3.8) is 0 Å². The fraction of sp³-hybridized carbons (Fsp3) is 0.650. The van der Waals surface area contributed by atoms with Gasteiger partial charge in [-0.2, -0.15) is 0 Å². The lowest BCUT2D eigenvalue weighted by atomic mass is 10.0. The van der Waals surface area contributed by atoms with Crippen LogP contribution in [0.1, 0.15) is 32.8 Å². The number of Topliss-reactive ketones (excluding diaryl/α,β-unsaturated/α-hetero) is 1. The van der Waals surface area contributed by atoms with Crippen molar-refractivity contribution >= 4 is 23.1 Å². The molecule has 6 heteroatoms. The van der Waals surface area contributed by atoms with Crippen LogP contribution in [0.5, 0.6) is 0 Å². The summed E-state index contributed by atoms with van der Waals surface area (Å²) in [7, 11) is 0. The van der Waals surface area contributed by atoms with Crippen LogP contribution >= 0.6 is 11.6 Å². The van der Waals surface area contributed by atoms with E-state index in [1.807, 2.05) is 12.1 Å². The van der Waals surface area contributed by atoms with Gasteiger partial charge in [-0.05, 0) is 43.9 Å². The lowest BCUT2D eigenvalue weighted by molar-refractivity contribution is -0.119. The van der Waals surface area contributed by atoms with Gasteiger partial charge in [-0.3, -0.25) is 9.69 Å². The van der Waals surface area contributed by atoms with Crippen LogP contribution in [-0.2, 0) is 16.1 Å². The number of carbonyl (C=O) groups excluding carboxylic acids is 1. The highest BCUT2D eigenvalue weighted by Gasteiger charge is 2.27. The van der Waals surface area contributed by atoms with Crippen molar-refractivity contribution in [2.24, 2.45) is 11.7 Å². The summed E-state index contributed by atoms with van der Waals surface area (Å²) in [5.41, 5.74) is 7.85. The maximum Gasteiger partial charge on any atom is 0.143 e. The fourth-order valence-corrected chi connectivity index (χ4v) is 3.67. The molecule has 2 heterocycles. The second-order valence-electron chi connectivity index (χ2n) is 7.27. The van der Waals surface area contributed by atoms with Crippen molar-refractivity contribution in [1.82, 2.24) is 4.90 Å². The average Bonchev–Trinajstić information content (AvgIpc) is 2.95. The van der Waals surface area contributed by atoms with Crippen molar-refractivity contribution in [1.29, 1.82) is 0 Å². The molecule has 1 aromatic carbocycles. The highest BCUT2D eigenvalue weighted by molar-refractivity contribution is 6.31. The van der Waals surface area contributed by atoms with Crippen LogP contribution in [-0.4, -0.2) is 56.1 Å². The molecule has 5 nitrogen and oxygen atoms in total. The number of rotatable bonds is 4. The number of morpholine rings is 1. The number of nitrogens with zero attached hydrogens (tertiary/aromatic N) is 2. The third-order valence-electron chi connectivity index (χ3n) is 5.28. The number of carbonyl (C=O) groups is 1. The minimum Gasteiger partial charge on any atom is -0.379 e. The van der Waals surface area contributed by atoms with Crippen LogP contribution < -0.4 is 10.6 Å². The van der Waals surface area contributed by atoms with Gasteiger partial charge in [0.2, 0.25) is 0 Å². The van der Waals surface area contributed by atoms with Gasteiger partial charge < -0.3 is 15.4 Å². The van der Waals surface area contributed by atoms with Crippen molar-refractivity contribution in [3.05, 3.63) is 28.8 Å². The van der Waals surface area contributed by atoms with Gasteiger partial charge in [-0.15, -0.1) is 0 Å². The maximum absolute atomic E-state index is 10.6. The first-order valence-electron chi connectivity index (χ1n) is 9.47. The number of hydrogen-bond donors (Lipinski definition) is 1. The van der Waals surface area contributed by atoms with E-state index in [-0.39, 0.29) is 5.78 Å². The molecule has 0 saturated carbocycles. The molecule has 0 radical (unpaired) electrons. The summed E-state index contributed by atoms with van der Waals surface area (Å²) in [5.74, 6) is 0.995. The van der Waals surface area contributed by atoms with Crippen molar-refractivity contribution in [2.75, 3.05) is 44.3 Å². The Bertz CT molecular complexity index is 590. The van der Waals surface area contributed by atoms with Crippen LogP contribution in [0.2, 0.25) is 5.02 Å². The minimum atomic E-state index is 0.238. The van der Waals surface area contributed by atoms with Gasteiger partial charge in [-0.1, -0.05) is 24.6 Å². The molecule has 0 bridgehead atoms. The highest BCUT2D eigenvalue weighted by Crippen LogP contribution is 2.31. The second-order valence-corrected chi connectivity index (χ2v) is 7.68. The summed E-state index contributed by atoms with van der Waals surface area (Å²) in [6, 6.07) is 6.80. The molecule has 2 N–H and O–H groups in total. The second kappa shape index (κ2) is 10.3. The molecule has 0 aromatic heterocycles. The molecule has 2 aliphatic heterocycles. The minimum absolute atomic E-state index is 0.238. The third kappa shape index (κ3) is 5.95. The number of halogens is 1. The van der Waals surface area contributed by atoms with Crippen LogP contribution in [0.25, 0.3) is 0 Å². The summed E-state index contributed by atoms with van der Waals surface area (Å²) in [5, 5.41) is 0.784. The maximum atomic E-state index is 10.6. The van der Waals surface area contributed by atoms with E-state index >= 15 is 0 Å². The summed E-state index contributed by atoms with van der Waals surface area (Å²) in [6.45, 7) is 11.8. The SMILES string of the molecule is CC(=O)CN1CCOCC1.C[C@@H]1CCN(c2ccc(CN)c(Cl)c2)[C@H]1C. The molecular formula is C20H32ClN3O2. The number of nitrogens with two attached hydrogens (primary N) is 1. The lowest BCUT2D eigenvalue weighted by Crippen LogP contribution is -2.38. The van der Waals surface area contributed by atoms with E-state index in [0.717, 1.165) is 49.4 Å². The monoisotopic (exact) mass is 381 g/mol. The first kappa shape index (κ1) is 21.2. The average molecular weight is 382 g/mol. The zero-order chi connectivity index (χ0) is 19.1. The number of anilines is 1. The molecule has 0 amide bonds. The molecule has 2 saturated heterocycles. The summed E-state index contributed by atoms with van der Waals surface area (Å²) in [4.78, 5) is 15.2. The molecule has 26 heavy (non-hydrogen) atoms. The van der Waals surface area contributed by atoms with E-state index in [0.29, 0.717) is 19.1 Å². The Morgan fingerprint density at radius 1 is 1.27 bits per heavy atom. The largest absolute Gasteiger partial charge is 0.379 e. The number of ketones is 1. The number of hydrogen-bond acceptors (Lipinski definition) is 5. The topological polar surface area (TPSA) is 58.8 Å². The Morgan fingerprint density at radius 3 is 2.46 bits per heavy atom. The predicted octanol–water partition coefficient (Wildman–Crippen LogP) is 2.94. The van der Waals surface area contributed by atoms with E-state index in [4.69, 9.17) is 22.1 Å². The van der Waals surface area contributed by atoms with Gasteiger partial charge in [0.1, 0.15) is 5.78 Å². The fourth-order valence-electron chi connectivity index (χ4n) is 3.41. The van der Waals surface area contributed by atoms with E-state index in [2.05, 4.69) is 29.7 Å². The molecule has 1 aromatic rings. The van der Waals surface area contributed by atoms with E-state index in [1.165, 1.54) is 12.1 Å². The quantitative estimate of drug-likeness (QED) is 0.868. The van der Waals surface area contributed by atoms with Crippen molar-refractivity contribution < 1.29 is 9.53 Å². The van der Waals surface area contributed by atoms with E-state index < -0.39 is 0 Å². The summed E-state index contributed by atoms with van der Waals surface area (Å²) in [6.07, 6.45) is 1.26. The Labute approximate surface area is 162 Å². The number of benzene rings is 1. The van der Waals surface area contributed by atoms with Gasteiger partial charge in [0.15, 0.2) is 0 Å². The van der Waals surface area contributed by atoms with Crippen LogP contribution in [0, 0.1) is 5.92 Å². The first-order valence-corrected chi connectivity index (χ1v) is 9.84. The first-order chi connectivity index (χ1) is 12.4. The van der Waals surface area contributed by atoms with Crippen LogP contribution in [0.15, 0.2) is 18.2 Å². The molecule has 2 atom stereocenters. The van der Waals surface area contributed by atoms with E-state index in [9.17, 15) is 4.79 Å². The van der Waals surface area contributed by atoms with Crippen LogP contribution in [0.4, 0.5) is 5.69 Å². The Kier molecular flexibility index (Phi) is 8.35. The third-order valence-corrected chi connectivity index (χ3v) is 5.63. The van der Waals surface area contributed by atoms with Crippen LogP contribution in [0.3, 0.4) is 0 Å². The molecule has 0 unspecified atom stereocenters. The Balaban J connectivity index is 0.000000209. The molecular weight excluding hydrogens is 350 g/mol. The standard InChI is InChI=1S/C13H19ClN2.C7H13NO2/c1-9-5-6-16(10(9)2)12-4-3-11(8-15)13(14)7-12;1-7(9)6-8-2-4-10-5-3-8/h3-4,7,9-10H,5-6,8,15H2,1-2H3;2-6H2,1H3/t9-,10+;/m1./s1. The normalized spacial score (nSPS) is 23.5. The molecule has 0 aliphatic carbocycles. The zero-order valence-corrected chi connectivity index (χ0v) is 17.0. The molecule has 3 rings (SSSR count). The lowest BCUT2D eigenvalue weighted by Gasteiger charge is -2.26.